The molecule has 1 atom stereocenters. The Balaban J connectivity index is 3.04. The molecule has 0 radical (unpaired) electrons. The molecule has 0 bridgehead atoms. The molecule has 1 aromatic carbocycles. The summed E-state index contributed by atoms with van der Waals surface area (Å²) in [4.78, 5) is 10.4. The number of anilines is 1. The highest BCUT2D eigenvalue weighted by Crippen LogP contribution is 2.19. The molecule has 0 aliphatic rings. The highest BCUT2D eigenvalue weighted by molar-refractivity contribution is 7.89. The first kappa shape index (κ1) is 14.9. The molecule has 0 spiro atoms. The van der Waals surface area contributed by atoms with Crippen molar-refractivity contribution in [1.29, 1.82) is 0 Å². The first-order valence-corrected chi connectivity index (χ1v) is 6.55. The van der Waals surface area contributed by atoms with E-state index < -0.39 is 32.7 Å². The lowest BCUT2D eigenvalue weighted by atomic mass is 10.2. The summed E-state index contributed by atoms with van der Waals surface area (Å²) >= 11 is 0. The molecule has 1 aromatic rings. The minimum atomic E-state index is -4.01. The van der Waals surface area contributed by atoms with E-state index in [1.807, 2.05) is 0 Å². The van der Waals surface area contributed by atoms with Gasteiger partial charge in [0.2, 0.25) is 10.0 Å². The summed E-state index contributed by atoms with van der Waals surface area (Å²) in [6.45, 7) is 0. The molecule has 19 heavy (non-hydrogen) atoms. The number of terminal acetylenes is 1. The number of hydrogen-bond donors (Lipinski definition) is 3. The van der Waals surface area contributed by atoms with Gasteiger partial charge in [-0.15, -0.1) is 12.3 Å². The maximum Gasteiger partial charge on any atom is 0.327 e. The van der Waals surface area contributed by atoms with Gasteiger partial charge in [-0.3, -0.25) is 0 Å². The molecule has 0 saturated carbocycles. The lowest BCUT2D eigenvalue weighted by molar-refractivity contribution is -0.137. The van der Waals surface area contributed by atoms with Crippen LogP contribution in [0, 0.1) is 18.2 Å². The van der Waals surface area contributed by atoms with Crippen molar-refractivity contribution in [2.24, 2.45) is 5.14 Å². The van der Waals surface area contributed by atoms with Crippen LogP contribution in [0.4, 0.5) is 10.1 Å². The van der Waals surface area contributed by atoms with E-state index in [4.69, 9.17) is 16.7 Å². The van der Waals surface area contributed by atoms with Gasteiger partial charge in [-0.05, 0) is 18.2 Å². The Kier molecular flexibility index (Phi) is 4.47. The molecule has 102 valence electrons. The molecule has 0 amide bonds. The third-order valence-electron chi connectivity index (χ3n) is 2.22. The summed E-state index contributed by atoms with van der Waals surface area (Å²) in [5.74, 6) is -0.0353. The molecule has 8 heteroatoms. The van der Waals surface area contributed by atoms with Crippen LogP contribution in [-0.2, 0) is 14.8 Å². The second kappa shape index (κ2) is 5.69. The summed E-state index contributed by atoms with van der Waals surface area (Å²) < 4.78 is 35.6. The Morgan fingerprint density at radius 1 is 1.58 bits per heavy atom. The number of aliphatic carboxylic acids is 1. The van der Waals surface area contributed by atoms with Crippen molar-refractivity contribution in [1.82, 2.24) is 0 Å². The third kappa shape index (κ3) is 3.94. The van der Waals surface area contributed by atoms with Crippen LogP contribution in [0.3, 0.4) is 0 Å². The molecular formula is C11H11FN2O4S. The summed E-state index contributed by atoms with van der Waals surface area (Å²) in [6, 6.07) is 1.68. The number of benzene rings is 1. The van der Waals surface area contributed by atoms with Crippen molar-refractivity contribution in [3.8, 4) is 12.3 Å². The lowest BCUT2D eigenvalue weighted by Crippen LogP contribution is -2.29. The minimum absolute atomic E-state index is 0.147. The third-order valence-corrected chi connectivity index (χ3v) is 3.13. The van der Waals surface area contributed by atoms with Crippen LogP contribution in [0.2, 0.25) is 0 Å². The fourth-order valence-corrected chi connectivity index (χ4v) is 1.82. The monoisotopic (exact) mass is 286 g/mol. The average Bonchev–Trinajstić information content (AvgIpc) is 2.29. The fraction of sp³-hybridized carbons (Fsp3) is 0.182. The van der Waals surface area contributed by atoms with Gasteiger partial charge >= 0.3 is 5.97 Å². The van der Waals surface area contributed by atoms with E-state index in [2.05, 4.69) is 11.2 Å². The van der Waals surface area contributed by atoms with Gasteiger partial charge in [0.15, 0.2) is 0 Å². The molecule has 4 N–H and O–H groups in total. The molecule has 6 nitrogen and oxygen atoms in total. The number of halogens is 1. The number of hydrogen-bond acceptors (Lipinski definition) is 4. The molecule has 1 rings (SSSR count). The number of primary sulfonamides is 1. The van der Waals surface area contributed by atoms with Crippen molar-refractivity contribution >= 4 is 21.7 Å². The Labute approximate surface area is 109 Å². The molecule has 0 aliphatic carbocycles. The Bertz CT molecular complexity index is 637. The van der Waals surface area contributed by atoms with Crippen LogP contribution in [-0.4, -0.2) is 25.5 Å². The number of sulfonamides is 1. The lowest BCUT2D eigenvalue weighted by Gasteiger charge is -2.14. The van der Waals surface area contributed by atoms with Crippen molar-refractivity contribution < 1.29 is 22.7 Å². The molecule has 0 aromatic heterocycles. The summed E-state index contributed by atoms with van der Waals surface area (Å²) in [7, 11) is -4.01. The maximum absolute atomic E-state index is 13.6. The van der Waals surface area contributed by atoms with Gasteiger partial charge in [0, 0.05) is 6.42 Å². The van der Waals surface area contributed by atoms with Crippen molar-refractivity contribution in [3.05, 3.63) is 24.0 Å². The molecule has 0 saturated heterocycles. The van der Waals surface area contributed by atoms with Crippen molar-refractivity contribution in [2.45, 2.75) is 17.4 Å². The van der Waals surface area contributed by atoms with E-state index in [-0.39, 0.29) is 12.1 Å². The van der Waals surface area contributed by atoms with Crippen molar-refractivity contribution in [2.75, 3.05) is 5.32 Å². The predicted molar refractivity (Wildman–Crippen MR) is 66.3 cm³/mol. The number of nitrogens with two attached hydrogens (primary N) is 1. The van der Waals surface area contributed by atoms with Crippen LogP contribution in [0.1, 0.15) is 6.42 Å². The fourth-order valence-electron chi connectivity index (χ4n) is 1.30. The van der Waals surface area contributed by atoms with E-state index in [0.29, 0.717) is 6.07 Å². The van der Waals surface area contributed by atoms with Gasteiger partial charge in [-0.1, -0.05) is 0 Å². The molecule has 1 unspecified atom stereocenters. The van der Waals surface area contributed by atoms with Crippen LogP contribution in [0.5, 0.6) is 0 Å². The largest absolute Gasteiger partial charge is 0.480 e. The Hall–Kier alpha value is -2.11. The van der Waals surface area contributed by atoms with Gasteiger partial charge in [0.1, 0.15) is 11.9 Å². The van der Waals surface area contributed by atoms with Crippen molar-refractivity contribution in [3.63, 3.8) is 0 Å². The normalized spacial score (nSPS) is 12.5. The number of carboxylic acids is 1. The maximum atomic E-state index is 13.6. The zero-order valence-electron chi connectivity index (χ0n) is 9.63. The summed E-state index contributed by atoms with van der Waals surface area (Å²) in [5.41, 5.74) is -0.171. The van der Waals surface area contributed by atoms with E-state index in [0.717, 1.165) is 12.1 Å². The standard InChI is InChI=1S/C11H11FN2O4S/c1-2-3-10(11(15)16)14-9-5-4-7(6-8(9)12)19(13,17)18/h1,4-6,10,14H,3H2,(H,15,16)(H2,13,17,18). The predicted octanol–water partition coefficient (Wildman–Crippen LogP) is 0.361. The Morgan fingerprint density at radius 3 is 2.63 bits per heavy atom. The average molecular weight is 286 g/mol. The molecule has 0 aliphatic heterocycles. The topological polar surface area (TPSA) is 109 Å². The quantitative estimate of drug-likeness (QED) is 0.677. The van der Waals surface area contributed by atoms with Gasteiger partial charge in [0.05, 0.1) is 10.6 Å². The van der Waals surface area contributed by atoms with Gasteiger partial charge in [-0.2, -0.15) is 0 Å². The zero-order chi connectivity index (χ0) is 14.6. The second-order valence-corrected chi connectivity index (χ2v) is 5.19. The van der Waals surface area contributed by atoms with E-state index in [9.17, 15) is 17.6 Å². The van der Waals surface area contributed by atoms with E-state index in [1.54, 1.807) is 0 Å². The number of nitrogens with one attached hydrogen (secondary N) is 1. The van der Waals surface area contributed by atoms with Crippen LogP contribution >= 0.6 is 0 Å². The molecule has 0 heterocycles. The van der Waals surface area contributed by atoms with Crippen LogP contribution in [0.25, 0.3) is 0 Å². The first-order chi connectivity index (χ1) is 8.75. The molecular weight excluding hydrogens is 275 g/mol. The van der Waals surface area contributed by atoms with Crippen LogP contribution in [0.15, 0.2) is 23.1 Å². The zero-order valence-corrected chi connectivity index (χ0v) is 10.4. The summed E-state index contributed by atoms with van der Waals surface area (Å²) in [6.07, 6.45) is 4.85. The van der Waals surface area contributed by atoms with E-state index in [1.165, 1.54) is 0 Å². The first-order valence-electron chi connectivity index (χ1n) is 5.01. The van der Waals surface area contributed by atoms with Gasteiger partial charge in [-0.25, -0.2) is 22.7 Å². The van der Waals surface area contributed by atoms with E-state index >= 15 is 0 Å². The molecule has 0 fully saturated rings. The SMILES string of the molecule is C#CCC(Nc1ccc(S(N)(=O)=O)cc1F)C(=O)O. The Morgan fingerprint density at radius 2 is 2.21 bits per heavy atom. The minimum Gasteiger partial charge on any atom is -0.480 e. The number of rotatable bonds is 5. The highest BCUT2D eigenvalue weighted by Gasteiger charge is 2.18. The highest BCUT2D eigenvalue weighted by atomic mass is 32.2. The number of carboxylic acid groups (broad SMARTS) is 1. The second-order valence-electron chi connectivity index (χ2n) is 3.63. The van der Waals surface area contributed by atoms with Crippen LogP contribution < -0.4 is 10.5 Å². The van der Waals surface area contributed by atoms with Gasteiger partial charge < -0.3 is 10.4 Å². The van der Waals surface area contributed by atoms with Gasteiger partial charge in [0.25, 0.3) is 0 Å². The summed E-state index contributed by atoms with van der Waals surface area (Å²) in [5, 5.41) is 16.1. The smallest absolute Gasteiger partial charge is 0.327 e. The number of carbonyl (C=O) groups is 1.